The minimum absolute atomic E-state index is 0.0232. The van der Waals surface area contributed by atoms with Crippen LogP contribution in [0.2, 0.25) is 0 Å². The fourth-order valence-electron chi connectivity index (χ4n) is 1.83. The second-order valence-electron chi connectivity index (χ2n) is 3.95. The molecule has 5 nitrogen and oxygen atoms in total. The standard InChI is InChI=1S/C12H16N2O3/c1-3-16-12(15)9-7-13-11(14-8(9)2)10-5-4-6-17-10/h7,10H,3-6H2,1-2H3. The van der Waals surface area contributed by atoms with Crippen LogP contribution in [0.3, 0.4) is 0 Å². The highest BCUT2D eigenvalue weighted by Gasteiger charge is 2.22. The van der Waals surface area contributed by atoms with Crippen molar-refractivity contribution in [2.45, 2.75) is 32.8 Å². The van der Waals surface area contributed by atoms with E-state index in [-0.39, 0.29) is 12.1 Å². The van der Waals surface area contributed by atoms with Gasteiger partial charge in [0.2, 0.25) is 0 Å². The van der Waals surface area contributed by atoms with Gasteiger partial charge in [-0.05, 0) is 26.7 Å². The quantitative estimate of drug-likeness (QED) is 0.749. The number of rotatable bonds is 3. The molecule has 1 atom stereocenters. The Bertz CT molecular complexity index is 414. The molecule has 0 amide bonds. The molecule has 1 fully saturated rings. The lowest BCUT2D eigenvalue weighted by atomic mass is 10.2. The first-order chi connectivity index (χ1) is 8.22. The smallest absolute Gasteiger partial charge is 0.341 e. The first-order valence-electron chi connectivity index (χ1n) is 5.84. The summed E-state index contributed by atoms with van der Waals surface area (Å²) in [5.74, 6) is 0.289. The van der Waals surface area contributed by atoms with Gasteiger partial charge >= 0.3 is 5.97 Å². The Morgan fingerprint density at radius 3 is 3.06 bits per heavy atom. The Kier molecular flexibility index (Phi) is 3.68. The van der Waals surface area contributed by atoms with Gasteiger partial charge in [0, 0.05) is 12.8 Å². The second kappa shape index (κ2) is 5.23. The highest BCUT2D eigenvalue weighted by atomic mass is 16.5. The average Bonchev–Trinajstić information content (AvgIpc) is 2.82. The molecule has 1 aromatic rings. The van der Waals surface area contributed by atoms with Gasteiger partial charge < -0.3 is 9.47 Å². The number of esters is 1. The van der Waals surface area contributed by atoms with Crippen LogP contribution in [0.15, 0.2) is 6.20 Å². The maximum absolute atomic E-state index is 11.6. The molecular weight excluding hydrogens is 220 g/mol. The summed E-state index contributed by atoms with van der Waals surface area (Å²) in [6.07, 6.45) is 3.48. The zero-order chi connectivity index (χ0) is 12.3. The molecule has 0 bridgehead atoms. The minimum atomic E-state index is -0.371. The van der Waals surface area contributed by atoms with Crippen LogP contribution in [0.5, 0.6) is 0 Å². The Balaban J connectivity index is 2.19. The number of hydrogen-bond acceptors (Lipinski definition) is 5. The number of hydrogen-bond donors (Lipinski definition) is 0. The fourth-order valence-corrected chi connectivity index (χ4v) is 1.83. The molecule has 0 radical (unpaired) electrons. The van der Waals surface area contributed by atoms with Crippen LogP contribution >= 0.6 is 0 Å². The molecule has 0 saturated carbocycles. The number of carbonyl (C=O) groups is 1. The number of ether oxygens (including phenoxy) is 2. The van der Waals surface area contributed by atoms with E-state index >= 15 is 0 Å². The maximum Gasteiger partial charge on any atom is 0.341 e. The zero-order valence-corrected chi connectivity index (χ0v) is 10.1. The first-order valence-corrected chi connectivity index (χ1v) is 5.84. The highest BCUT2D eigenvalue weighted by molar-refractivity contribution is 5.90. The van der Waals surface area contributed by atoms with E-state index in [9.17, 15) is 4.79 Å². The van der Waals surface area contributed by atoms with Crippen molar-refractivity contribution in [2.24, 2.45) is 0 Å². The van der Waals surface area contributed by atoms with Crippen LogP contribution in [0.4, 0.5) is 0 Å². The van der Waals surface area contributed by atoms with Gasteiger partial charge in [0.15, 0.2) is 5.82 Å². The van der Waals surface area contributed by atoms with Gasteiger partial charge in [-0.1, -0.05) is 0 Å². The van der Waals surface area contributed by atoms with Crippen LogP contribution in [-0.2, 0) is 9.47 Å². The Hall–Kier alpha value is -1.49. The summed E-state index contributed by atoms with van der Waals surface area (Å²) in [7, 11) is 0. The molecule has 5 heteroatoms. The van der Waals surface area contributed by atoms with Gasteiger partial charge in [0.1, 0.15) is 6.10 Å². The lowest BCUT2D eigenvalue weighted by Gasteiger charge is -2.10. The minimum Gasteiger partial charge on any atom is -0.462 e. The van der Waals surface area contributed by atoms with Crippen molar-refractivity contribution in [3.8, 4) is 0 Å². The molecule has 0 spiro atoms. The van der Waals surface area contributed by atoms with Crippen molar-refractivity contribution in [1.29, 1.82) is 0 Å². The average molecular weight is 236 g/mol. The van der Waals surface area contributed by atoms with Crippen molar-refractivity contribution in [3.05, 3.63) is 23.3 Å². The molecule has 0 aromatic carbocycles. The molecule has 1 unspecified atom stereocenters. The topological polar surface area (TPSA) is 61.3 Å². The van der Waals surface area contributed by atoms with Crippen molar-refractivity contribution in [2.75, 3.05) is 13.2 Å². The van der Waals surface area contributed by atoms with Gasteiger partial charge in [-0.3, -0.25) is 0 Å². The third-order valence-electron chi connectivity index (χ3n) is 2.71. The van der Waals surface area contributed by atoms with Crippen molar-refractivity contribution >= 4 is 5.97 Å². The van der Waals surface area contributed by atoms with Gasteiger partial charge in [-0.2, -0.15) is 0 Å². The van der Waals surface area contributed by atoms with E-state index in [2.05, 4.69) is 9.97 Å². The van der Waals surface area contributed by atoms with Crippen LogP contribution < -0.4 is 0 Å². The SMILES string of the molecule is CCOC(=O)c1cnc(C2CCCO2)nc1C. The molecule has 17 heavy (non-hydrogen) atoms. The maximum atomic E-state index is 11.6. The largest absolute Gasteiger partial charge is 0.462 e. The summed E-state index contributed by atoms with van der Waals surface area (Å²) in [6, 6.07) is 0. The van der Waals surface area contributed by atoms with E-state index < -0.39 is 0 Å². The normalized spacial score (nSPS) is 19.3. The third-order valence-corrected chi connectivity index (χ3v) is 2.71. The van der Waals surface area contributed by atoms with Crippen molar-refractivity contribution in [3.63, 3.8) is 0 Å². The van der Waals surface area contributed by atoms with Gasteiger partial charge in [0.25, 0.3) is 0 Å². The second-order valence-corrected chi connectivity index (χ2v) is 3.95. The summed E-state index contributed by atoms with van der Waals surface area (Å²) >= 11 is 0. The van der Waals surface area contributed by atoms with Crippen molar-refractivity contribution < 1.29 is 14.3 Å². The predicted octanol–water partition coefficient (Wildman–Crippen LogP) is 1.81. The van der Waals surface area contributed by atoms with E-state index in [0.717, 1.165) is 19.4 Å². The molecule has 2 heterocycles. The van der Waals surface area contributed by atoms with Gasteiger partial charge in [0.05, 0.1) is 17.9 Å². The van der Waals surface area contributed by atoms with Crippen LogP contribution in [-0.4, -0.2) is 29.2 Å². The molecule has 1 saturated heterocycles. The lowest BCUT2D eigenvalue weighted by Crippen LogP contribution is -2.12. The molecule has 1 aliphatic rings. The van der Waals surface area contributed by atoms with E-state index in [0.29, 0.717) is 23.7 Å². The van der Waals surface area contributed by atoms with Crippen molar-refractivity contribution in [1.82, 2.24) is 9.97 Å². The number of aromatic nitrogens is 2. The van der Waals surface area contributed by atoms with E-state index in [1.54, 1.807) is 13.8 Å². The predicted molar refractivity (Wildman–Crippen MR) is 60.7 cm³/mol. The lowest BCUT2D eigenvalue weighted by molar-refractivity contribution is 0.0523. The van der Waals surface area contributed by atoms with Crippen LogP contribution in [0.25, 0.3) is 0 Å². The summed E-state index contributed by atoms with van der Waals surface area (Å²) in [5, 5.41) is 0. The van der Waals surface area contributed by atoms with E-state index in [1.165, 1.54) is 6.20 Å². The number of nitrogens with zero attached hydrogens (tertiary/aromatic N) is 2. The van der Waals surface area contributed by atoms with E-state index in [4.69, 9.17) is 9.47 Å². The summed E-state index contributed by atoms with van der Waals surface area (Å²) in [5.41, 5.74) is 1.07. The molecular formula is C12H16N2O3. The van der Waals surface area contributed by atoms with E-state index in [1.807, 2.05) is 0 Å². The Morgan fingerprint density at radius 1 is 1.65 bits per heavy atom. The third kappa shape index (κ3) is 2.61. The Labute approximate surface area is 100 Å². The highest BCUT2D eigenvalue weighted by Crippen LogP contribution is 2.26. The van der Waals surface area contributed by atoms with Gasteiger partial charge in [-0.25, -0.2) is 14.8 Å². The summed E-state index contributed by atoms with van der Waals surface area (Å²) in [4.78, 5) is 20.1. The number of carbonyl (C=O) groups excluding carboxylic acids is 1. The molecule has 1 aromatic heterocycles. The fraction of sp³-hybridized carbons (Fsp3) is 0.583. The molecule has 0 aliphatic carbocycles. The molecule has 1 aliphatic heterocycles. The number of aryl methyl sites for hydroxylation is 1. The van der Waals surface area contributed by atoms with Crippen LogP contribution in [0.1, 0.15) is 47.7 Å². The monoisotopic (exact) mass is 236 g/mol. The zero-order valence-electron chi connectivity index (χ0n) is 10.1. The first kappa shape index (κ1) is 12.0. The van der Waals surface area contributed by atoms with Gasteiger partial charge in [-0.15, -0.1) is 0 Å². The summed E-state index contributed by atoms with van der Waals surface area (Å²) < 4.78 is 10.4. The Morgan fingerprint density at radius 2 is 2.47 bits per heavy atom. The summed E-state index contributed by atoms with van der Waals surface area (Å²) in [6.45, 7) is 4.67. The molecule has 0 N–H and O–H groups in total. The molecule has 92 valence electrons. The molecule has 2 rings (SSSR count). The van der Waals surface area contributed by atoms with Crippen LogP contribution in [0, 0.1) is 6.92 Å².